The highest BCUT2D eigenvalue weighted by atomic mass is 35.5. The van der Waals surface area contributed by atoms with Crippen LogP contribution in [0.3, 0.4) is 0 Å². The highest BCUT2D eigenvalue weighted by Crippen LogP contribution is 2.38. The summed E-state index contributed by atoms with van der Waals surface area (Å²) in [7, 11) is 0. The highest BCUT2D eigenvalue weighted by Gasteiger charge is 2.27. The van der Waals surface area contributed by atoms with Crippen molar-refractivity contribution in [2.24, 2.45) is 0 Å². The molecule has 2 unspecified atom stereocenters. The van der Waals surface area contributed by atoms with Gasteiger partial charge in [0.2, 0.25) is 5.95 Å². The number of nitrogens with one attached hydrogen (secondary N) is 2. The van der Waals surface area contributed by atoms with E-state index >= 15 is 0 Å². The second-order valence-electron chi connectivity index (χ2n) is 9.71. The third-order valence-electron chi connectivity index (χ3n) is 6.95. The molecule has 6 rings (SSSR count). The first-order valence-electron chi connectivity index (χ1n) is 13.6. The Labute approximate surface area is 237 Å². The maximum atomic E-state index is 13.7. The number of benzene rings is 2. The van der Waals surface area contributed by atoms with Crippen LogP contribution >= 0.6 is 11.6 Å². The standard InChI is InChI=1S/C30H26ClFN8/c1-2-25(18-6-4-3-5-7-18)37-28-20(14-33)16-35-30-23(28)12-21(13-24(30)31)36-29(19-8-11-27(32)34-15-19)26-17-40(39-38-26)22-9-10-22/h3-8,11-13,15-17,22,25,29,36H,2,9-10H2,1H3,(H,35,37)/i29D. The fourth-order valence-electron chi connectivity index (χ4n) is 4.71. The third kappa shape index (κ3) is 5.18. The molecule has 0 spiro atoms. The molecule has 1 aliphatic carbocycles. The number of nitriles is 1. The minimum atomic E-state index is -1.67. The minimum absolute atomic E-state index is 0.0673. The van der Waals surface area contributed by atoms with Gasteiger partial charge < -0.3 is 10.6 Å². The SMILES string of the molecule is [2H]C(Nc1cc(Cl)c2ncc(C#N)c(NC(CC)c3ccccc3)c2c1)(c1ccc(F)nc1)c1cn(C2CC2)nn1. The van der Waals surface area contributed by atoms with Crippen molar-refractivity contribution in [3.8, 4) is 6.07 Å². The molecule has 40 heavy (non-hydrogen) atoms. The van der Waals surface area contributed by atoms with Crippen LogP contribution in [0, 0.1) is 17.3 Å². The van der Waals surface area contributed by atoms with Gasteiger partial charge in [0, 0.05) is 23.5 Å². The van der Waals surface area contributed by atoms with Crippen LogP contribution in [-0.2, 0) is 0 Å². The molecule has 1 saturated carbocycles. The Morgan fingerprint density at radius 2 is 1.95 bits per heavy atom. The fraction of sp³-hybridized carbons (Fsp3) is 0.233. The summed E-state index contributed by atoms with van der Waals surface area (Å²) in [5.74, 6) is -0.652. The molecule has 1 fully saturated rings. The van der Waals surface area contributed by atoms with Crippen LogP contribution in [0.25, 0.3) is 10.9 Å². The first kappa shape index (κ1) is 24.5. The van der Waals surface area contributed by atoms with E-state index in [9.17, 15) is 11.0 Å². The molecule has 2 aromatic carbocycles. The van der Waals surface area contributed by atoms with Crippen LogP contribution in [0.15, 0.2) is 73.2 Å². The molecule has 200 valence electrons. The zero-order valence-electron chi connectivity index (χ0n) is 22.6. The van der Waals surface area contributed by atoms with Gasteiger partial charge in [0.05, 0.1) is 47.5 Å². The van der Waals surface area contributed by atoms with E-state index in [4.69, 9.17) is 11.6 Å². The normalized spacial score (nSPS) is 15.6. The van der Waals surface area contributed by atoms with Crippen LogP contribution in [-0.4, -0.2) is 25.0 Å². The van der Waals surface area contributed by atoms with E-state index < -0.39 is 12.0 Å². The predicted molar refractivity (Wildman–Crippen MR) is 153 cm³/mol. The summed E-state index contributed by atoms with van der Waals surface area (Å²) in [4.78, 5) is 8.24. The highest BCUT2D eigenvalue weighted by molar-refractivity contribution is 6.35. The van der Waals surface area contributed by atoms with Crippen molar-refractivity contribution >= 4 is 33.9 Å². The molecule has 2 N–H and O–H groups in total. The second kappa shape index (κ2) is 10.9. The average Bonchev–Trinajstić information content (AvgIpc) is 3.72. The lowest BCUT2D eigenvalue weighted by Gasteiger charge is -2.22. The topological polar surface area (TPSA) is 104 Å². The monoisotopic (exact) mass is 553 g/mol. The van der Waals surface area contributed by atoms with E-state index in [1.165, 1.54) is 24.5 Å². The van der Waals surface area contributed by atoms with Crippen LogP contribution in [0.5, 0.6) is 0 Å². The molecule has 0 saturated heterocycles. The van der Waals surface area contributed by atoms with Crippen molar-refractivity contribution in [2.45, 2.75) is 44.3 Å². The lowest BCUT2D eigenvalue weighted by Crippen LogP contribution is -2.14. The van der Waals surface area contributed by atoms with E-state index in [-0.39, 0.29) is 12.1 Å². The van der Waals surface area contributed by atoms with E-state index in [0.29, 0.717) is 44.1 Å². The van der Waals surface area contributed by atoms with Gasteiger partial charge in [-0.05, 0) is 48.6 Å². The first-order chi connectivity index (χ1) is 19.9. The van der Waals surface area contributed by atoms with Gasteiger partial charge in [-0.25, -0.2) is 9.67 Å². The summed E-state index contributed by atoms with van der Waals surface area (Å²) in [6, 6.07) is 16.9. The zero-order valence-corrected chi connectivity index (χ0v) is 22.4. The Balaban J connectivity index is 1.46. The number of aromatic nitrogens is 5. The summed E-state index contributed by atoms with van der Waals surface area (Å²) >= 11 is 6.74. The van der Waals surface area contributed by atoms with Gasteiger partial charge in [-0.1, -0.05) is 60.1 Å². The number of pyridine rings is 2. The van der Waals surface area contributed by atoms with Crippen molar-refractivity contribution in [3.63, 3.8) is 0 Å². The van der Waals surface area contributed by atoms with Crippen LogP contribution < -0.4 is 10.6 Å². The molecule has 3 aromatic heterocycles. The van der Waals surface area contributed by atoms with E-state index in [1.54, 1.807) is 23.0 Å². The minimum Gasteiger partial charge on any atom is -0.377 e. The number of rotatable bonds is 9. The van der Waals surface area contributed by atoms with Crippen molar-refractivity contribution in [3.05, 3.63) is 107 Å². The Bertz CT molecular complexity index is 1750. The maximum Gasteiger partial charge on any atom is 0.212 e. The summed E-state index contributed by atoms with van der Waals surface area (Å²) < 4.78 is 25.0. The number of hydrogen-bond acceptors (Lipinski definition) is 7. The smallest absolute Gasteiger partial charge is 0.212 e. The summed E-state index contributed by atoms with van der Waals surface area (Å²) in [5, 5.41) is 26.2. The molecule has 2 atom stereocenters. The maximum absolute atomic E-state index is 13.7. The van der Waals surface area contributed by atoms with Gasteiger partial charge in [0.15, 0.2) is 0 Å². The van der Waals surface area contributed by atoms with Crippen molar-refractivity contribution in [1.29, 1.82) is 5.26 Å². The van der Waals surface area contributed by atoms with Crippen LogP contribution in [0.2, 0.25) is 5.02 Å². The zero-order chi connectivity index (χ0) is 28.6. The quantitative estimate of drug-likeness (QED) is 0.190. The second-order valence-corrected chi connectivity index (χ2v) is 10.1. The predicted octanol–water partition coefficient (Wildman–Crippen LogP) is 6.99. The largest absolute Gasteiger partial charge is 0.377 e. The fourth-order valence-corrected chi connectivity index (χ4v) is 4.98. The third-order valence-corrected chi connectivity index (χ3v) is 7.23. The molecule has 5 aromatic rings. The van der Waals surface area contributed by atoms with Gasteiger partial charge in [-0.3, -0.25) is 4.98 Å². The molecule has 0 aliphatic heterocycles. The van der Waals surface area contributed by atoms with Crippen LogP contribution in [0.4, 0.5) is 15.8 Å². The van der Waals surface area contributed by atoms with Gasteiger partial charge in [0.25, 0.3) is 0 Å². The molecule has 3 heterocycles. The molecule has 0 radical (unpaired) electrons. The number of fused-ring (bicyclic) bond motifs is 1. The Morgan fingerprint density at radius 3 is 2.65 bits per heavy atom. The lowest BCUT2D eigenvalue weighted by molar-refractivity contribution is 0.581. The molecular weight excluding hydrogens is 527 g/mol. The van der Waals surface area contributed by atoms with Gasteiger partial charge >= 0.3 is 0 Å². The lowest BCUT2D eigenvalue weighted by atomic mass is 10.0. The van der Waals surface area contributed by atoms with Gasteiger partial charge in [-0.15, -0.1) is 5.10 Å². The Morgan fingerprint density at radius 1 is 1.12 bits per heavy atom. The average molecular weight is 554 g/mol. The van der Waals surface area contributed by atoms with Gasteiger partial charge in [0.1, 0.15) is 11.8 Å². The summed E-state index contributed by atoms with van der Waals surface area (Å²) in [6.45, 7) is 2.07. The van der Waals surface area contributed by atoms with Crippen molar-refractivity contribution in [2.75, 3.05) is 10.6 Å². The Kier molecular flexibility index (Phi) is 6.68. The van der Waals surface area contributed by atoms with Gasteiger partial charge in [-0.2, -0.15) is 9.65 Å². The van der Waals surface area contributed by atoms with Crippen LogP contribution in [0.1, 0.15) is 68.0 Å². The first-order valence-corrected chi connectivity index (χ1v) is 13.4. The van der Waals surface area contributed by atoms with Crippen molar-refractivity contribution < 1.29 is 5.76 Å². The van der Waals surface area contributed by atoms with E-state index in [0.717, 1.165) is 24.8 Å². The van der Waals surface area contributed by atoms with E-state index in [1.807, 2.05) is 30.3 Å². The molecule has 8 nitrogen and oxygen atoms in total. The molecular formula is C30H26ClFN8. The molecule has 0 bridgehead atoms. The number of hydrogen-bond donors (Lipinski definition) is 2. The van der Waals surface area contributed by atoms with E-state index in [2.05, 4.69) is 43.9 Å². The Hall–Kier alpha value is -4.55. The molecule has 10 heteroatoms. The molecule has 1 aliphatic rings. The molecule has 0 amide bonds. The van der Waals surface area contributed by atoms with Crippen molar-refractivity contribution in [1.82, 2.24) is 25.0 Å². The summed E-state index contributed by atoms with van der Waals surface area (Å²) in [6.07, 6.45) is 7.33. The number of anilines is 2. The summed E-state index contributed by atoms with van der Waals surface area (Å²) in [5.41, 5.74) is 3.74. The number of nitrogens with zero attached hydrogens (tertiary/aromatic N) is 6. The number of halogens is 2.